The number of allylic oxidation sites excluding steroid dienone is 3. The molecule has 0 N–H and O–H groups in total. The molecule has 0 radical (unpaired) electrons. The van der Waals surface area contributed by atoms with Gasteiger partial charge in [0.25, 0.3) is 0 Å². The summed E-state index contributed by atoms with van der Waals surface area (Å²) < 4.78 is 35.8. The lowest BCUT2D eigenvalue weighted by Crippen LogP contribution is -1.97. The van der Waals surface area contributed by atoms with Crippen LogP contribution in [0.1, 0.15) is 27.0 Å². The SMILES string of the molecule is Cc1cc(/C=C2\C(=O)c3cc(F)c(F)cc3C2=C(C#N)C#N)cc2nsnc12. The number of rotatable bonds is 1. The maximum atomic E-state index is 13.8. The van der Waals surface area contributed by atoms with Gasteiger partial charge >= 0.3 is 0 Å². The molecule has 8 heteroatoms. The fraction of sp³-hybridized carbons (Fsp3) is 0.0500. The van der Waals surface area contributed by atoms with Crippen LogP contribution in [0.4, 0.5) is 8.78 Å². The highest BCUT2D eigenvalue weighted by molar-refractivity contribution is 7.00. The van der Waals surface area contributed by atoms with Gasteiger partial charge in [-0.1, -0.05) is 0 Å². The normalized spacial score (nSPS) is 14.2. The van der Waals surface area contributed by atoms with Crippen LogP contribution in [-0.2, 0) is 0 Å². The topological polar surface area (TPSA) is 90.4 Å². The third kappa shape index (κ3) is 2.59. The Morgan fingerprint density at radius 3 is 2.43 bits per heavy atom. The first-order valence-corrected chi connectivity index (χ1v) is 8.71. The van der Waals surface area contributed by atoms with Crippen molar-refractivity contribution in [2.45, 2.75) is 6.92 Å². The Morgan fingerprint density at radius 2 is 1.75 bits per heavy atom. The number of carbonyl (C=O) groups is 1. The van der Waals surface area contributed by atoms with Gasteiger partial charge in [-0.2, -0.15) is 19.3 Å². The Hall–Kier alpha value is -3.75. The Labute approximate surface area is 161 Å². The van der Waals surface area contributed by atoms with Gasteiger partial charge in [0.2, 0.25) is 0 Å². The molecule has 0 saturated heterocycles. The lowest BCUT2D eigenvalue weighted by Gasteiger charge is -2.04. The van der Waals surface area contributed by atoms with Crippen molar-refractivity contribution in [3.05, 3.63) is 69.3 Å². The minimum Gasteiger partial charge on any atom is -0.289 e. The number of carbonyl (C=O) groups excluding carboxylic acids is 1. The molecule has 0 spiro atoms. The number of benzene rings is 2. The van der Waals surface area contributed by atoms with Crippen molar-refractivity contribution in [2.24, 2.45) is 0 Å². The van der Waals surface area contributed by atoms with Crippen molar-refractivity contribution in [1.29, 1.82) is 10.5 Å². The third-order valence-corrected chi connectivity index (χ3v) is 4.99. The second kappa shape index (κ2) is 6.45. The number of nitriles is 2. The molecule has 28 heavy (non-hydrogen) atoms. The molecule has 1 heterocycles. The highest BCUT2D eigenvalue weighted by Crippen LogP contribution is 2.41. The van der Waals surface area contributed by atoms with Crippen molar-refractivity contribution in [3.63, 3.8) is 0 Å². The van der Waals surface area contributed by atoms with Crippen LogP contribution in [0.25, 0.3) is 22.7 Å². The van der Waals surface area contributed by atoms with Crippen molar-refractivity contribution in [3.8, 4) is 12.1 Å². The fourth-order valence-corrected chi connectivity index (χ4v) is 3.81. The van der Waals surface area contributed by atoms with E-state index in [4.69, 9.17) is 0 Å². The zero-order valence-corrected chi connectivity index (χ0v) is 15.1. The Morgan fingerprint density at radius 1 is 1.07 bits per heavy atom. The monoisotopic (exact) mass is 390 g/mol. The van der Waals surface area contributed by atoms with Crippen LogP contribution in [0.5, 0.6) is 0 Å². The number of aryl methyl sites for hydroxylation is 1. The molecule has 1 aromatic heterocycles. The zero-order valence-electron chi connectivity index (χ0n) is 14.2. The molecule has 3 aromatic rings. The van der Waals surface area contributed by atoms with Crippen LogP contribution in [-0.4, -0.2) is 14.5 Å². The van der Waals surface area contributed by atoms with E-state index in [1.165, 1.54) is 6.08 Å². The van der Waals surface area contributed by atoms with Crippen LogP contribution in [0, 0.1) is 41.2 Å². The first-order chi connectivity index (χ1) is 13.4. The molecule has 1 aliphatic rings. The highest BCUT2D eigenvalue weighted by atomic mass is 32.1. The van der Waals surface area contributed by atoms with Gasteiger partial charge in [0.1, 0.15) is 28.7 Å². The second-order valence-corrected chi connectivity index (χ2v) is 6.67. The van der Waals surface area contributed by atoms with Crippen molar-refractivity contribution in [2.75, 3.05) is 0 Å². The summed E-state index contributed by atoms with van der Waals surface area (Å²) in [7, 11) is 0. The van der Waals surface area contributed by atoms with Crippen LogP contribution >= 0.6 is 11.7 Å². The molecule has 1 aliphatic carbocycles. The lowest BCUT2D eigenvalue weighted by molar-refractivity contribution is 0.104. The Kier molecular flexibility index (Phi) is 4.07. The number of Topliss-reactive ketones (excluding diaryl/α,β-unsaturated/α-hetero) is 1. The first kappa shape index (κ1) is 17.7. The van der Waals surface area contributed by atoms with E-state index in [2.05, 4.69) is 8.75 Å². The maximum Gasteiger partial charge on any atom is 0.194 e. The Balaban J connectivity index is 2.01. The number of fused-ring (bicyclic) bond motifs is 2. The number of hydrogen-bond donors (Lipinski definition) is 0. The molecular weight excluding hydrogens is 382 g/mol. The van der Waals surface area contributed by atoms with Crippen LogP contribution < -0.4 is 0 Å². The minimum atomic E-state index is -1.17. The molecule has 0 saturated carbocycles. The van der Waals surface area contributed by atoms with Gasteiger partial charge < -0.3 is 0 Å². The molecule has 5 nitrogen and oxygen atoms in total. The van der Waals surface area contributed by atoms with Crippen LogP contribution in [0.2, 0.25) is 0 Å². The van der Waals surface area contributed by atoms with Crippen molar-refractivity contribution < 1.29 is 13.6 Å². The van der Waals surface area contributed by atoms with E-state index in [0.717, 1.165) is 34.9 Å². The maximum absolute atomic E-state index is 13.8. The number of nitrogens with zero attached hydrogens (tertiary/aromatic N) is 4. The molecule has 134 valence electrons. The Bertz CT molecular complexity index is 1320. The van der Waals surface area contributed by atoms with Crippen molar-refractivity contribution in [1.82, 2.24) is 8.75 Å². The van der Waals surface area contributed by atoms with Gasteiger partial charge in [-0.3, -0.25) is 4.79 Å². The highest BCUT2D eigenvalue weighted by Gasteiger charge is 2.34. The smallest absolute Gasteiger partial charge is 0.194 e. The number of halogens is 2. The van der Waals surface area contributed by atoms with Gasteiger partial charge in [-0.05, 0) is 54.0 Å². The van der Waals surface area contributed by atoms with E-state index in [9.17, 15) is 24.1 Å². The quantitative estimate of drug-likeness (QED) is 0.455. The van der Waals surface area contributed by atoms with Gasteiger partial charge in [-0.25, -0.2) is 8.78 Å². The molecular formula is C20H8F2N4OS. The largest absolute Gasteiger partial charge is 0.289 e. The molecule has 2 aromatic carbocycles. The summed E-state index contributed by atoms with van der Waals surface area (Å²) in [6.07, 6.45) is 1.49. The first-order valence-electron chi connectivity index (χ1n) is 7.98. The van der Waals surface area contributed by atoms with E-state index in [0.29, 0.717) is 11.1 Å². The van der Waals surface area contributed by atoms with E-state index in [-0.39, 0.29) is 27.8 Å². The van der Waals surface area contributed by atoms with E-state index >= 15 is 0 Å². The van der Waals surface area contributed by atoms with Crippen LogP contribution in [0.15, 0.2) is 35.4 Å². The van der Waals surface area contributed by atoms with Crippen LogP contribution in [0.3, 0.4) is 0 Å². The van der Waals surface area contributed by atoms with Gasteiger partial charge in [0, 0.05) is 16.7 Å². The number of aromatic nitrogens is 2. The number of ketones is 1. The minimum absolute atomic E-state index is 0.00180. The third-order valence-electron chi connectivity index (χ3n) is 4.45. The fourth-order valence-electron chi connectivity index (χ4n) is 3.22. The van der Waals surface area contributed by atoms with E-state index in [1.807, 2.05) is 6.92 Å². The summed E-state index contributed by atoms with van der Waals surface area (Å²) in [5, 5.41) is 18.6. The lowest BCUT2D eigenvalue weighted by atomic mass is 9.97. The van der Waals surface area contributed by atoms with E-state index < -0.39 is 17.4 Å². The average molecular weight is 390 g/mol. The molecule has 0 unspecified atom stereocenters. The molecule has 0 aliphatic heterocycles. The molecule has 0 bridgehead atoms. The average Bonchev–Trinajstić information content (AvgIpc) is 3.23. The van der Waals surface area contributed by atoms with Crippen molar-refractivity contribution >= 4 is 40.2 Å². The summed E-state index contributed by atoms with van der Waals surface area (Å²) in [6, 6.07) is 8.59. The van der Waals surface area contributed by atoms with E-state index in [1.54, 1.807) is 24.3 Å². The van der Waals surface area contributed by atoms with Gasteiger partial charge in [0.15, 0.2) is 17.4 Å². The molecule has 0 amide bonds. The second-order valence-electron chi connectivity index (χ2n) is 6.14. The summed E-state index contributed by atoms with van der Waals surface area (Å²) in [5.74, 6) is -2.92. The summed E-state index contributed by atoms with van der Waals surface area (Å²) in [6.45, 7) is 1.84. The predicted molar refractivity (Wildman–Crippen MR) is 99.0 cm³/mol. The summed E-state index contributed by atoms with van der Waals surface area (Å²) in [4.78, 5) is 12.9. The summed E-state index contributed by atoms with van der Waals surface area (Å²) >= 11 is 1.06. The predicted octanol–water partition coefficient (Wildman–Crippen LogP) is 4.36. The molecule has 4 rings (SSSR count). The number of hydrogen-bond acceptors (Lipinski definition) is 6. The zero-order chi connectivity index (χ0) is 20.0. The van der Waals surface area contributed by atoms with Gasteiger partial charge in [-0.15, -0.1) is 0 Å². The van der Waals surface area contributed by atoms with Gasteiger partial charge in [0.05, 0.1) is 11.7 Å². The molecule has 0 fully saturated rings. The molecule has 0 atom stereocenters. The standard InChI is InChI=1S/C20H8F2N4OS/c1-9-2-10(4-17-19(9)26-28-25-17)3-14-18(11(7-23)8-24)12-5-15(21)16(22)6-13(12)20(14)27/h2-6H,1H3/b14-3-. The summed E-state index contributed by atoms with van der Waals surface area (Å²) in [5.41, 5.74) is 2.44.